The number of ketones is 1. The second-order valence-corrected chi connectivity index (χ2v) is 3.61. The Hall–Kier alpha value is -1.58. The Morgan fingerprint density at radius 1 is 1.40 bits per heavy atom. The van der Waals surface area contributed by atoms with E-state index in [1.807, 2.05) is 13.8 Å². The van der Waals surface area contributed by atoms with Crippen molar-refractivity contribution in [3.63, 3.8) is 0 Å². The number of aromatic carboxylic acids is 1. The molecule has 0 aromatic carbocycles. The van der Waals surface area contributed by atoms with Crippen LogP contribution in [0.4, 0.5) is 0 Å². The molecule has 1 N–H and O–H groups in total. The Balaban J connectivity index is 2.70. The molecule has 1 aromatic rings. The largest absolute Gasteiger partial charge is 0.475 e. The van der Waals surface area contributed by atoms with E-state index in [0.717, 1.165) is 6.42 Å². The molecule has 0 bridgehead atoms. The van der Waals surface area contributed by atoms with Gasteiger partial charge >= 0.3 is 5.97 Å². The van der Waals surface area contributed by atoms with Crippen molar-refractivity contribution in [1.82, 2.24) is 0 Å². The number of carbonyl (C=O) groups excluding carboxylic acids is 1. The summed E-state index contributed by atoms with van der Waals surface area (Å²) < 4.78 is 4.90. The monoisotopic (exact) mass is 210 g/mol. The minimum absolute atomic E-state index is 0.132. The standard InChI is InChI=1S/C11H14O4/c1-3-7(2)6-8(12)9-4-5-10(15-9)11(13)14/h4-5,7H,3,6H2,1-2H3,(H,13,14). The highest BCUT2D eigenvalue weighted by atomic mass is 16.4. The number of hydrogen-bond acceptors (Lipinski definition) is 3. The molecule has 0 saturated heterocycles. The molecule has 15 heavy (non-hydrogen) atoms. The molecule has 82 valence electrons. The van der Waals surface area contributed by atoms with Gasteiger partial charge in [0.25, 0.3) is 0 Å². The summed E-state index contributed by atoms with van der Waals surface area (Å²) >= 11 is 0. The summed E-state index contributed by atoms with van der Waals surface area (Å²) in [5.74, 6) is -1.07. The van der Waals surface area contributed by atoms with Crippen LogP contribution in [0, 0.1) is 5.92 Å². The molecule has 1 aromatic heterocycles. The van der Waals surface area contributed by atoms with Crippen molar-refractivity contribution in [3.8, 4) is 0 Å². The van der Waals surface area contributed by atoms with Gasteiger partial charge in [-0.25, -0.2) is 4.79 Å². The van der Waals surface area contributed by atoms with E-state index in [0.29, 0.717) is 6.42 Å². The number of furan rings is 1. The summed E-state index contributed by atoms with van der Waals surface area (Å²) in [6.07, 6.45) is 1.31. The zero-order valence-electron chi connectivity index (χ0n) is 8.82. The Kier molecular flexibility index (Phi) is 3.66. The van der Waals surface area contributed by atoms with E-state index < -0.39 is 5.97 Å². The molecule has 0 aliphatic rings. The van der Waals surface area contributed by atoms with Crippen molar-refractivity contribution in [2.75, 3.05) is 0 Å². The molecule has 1 rings (SSSR count). The summed E-state index contributed by atoms with van der Waals surface area (Å²) in [5, 5.41) is 8.60. The van der Waals surface area contributed by atoms with Crippen LogP contribution in [0.25, 0.3) is 0 Å². The molecule has 4 heteroatoms. The number of carbonyl (C=O) groups is 2. The molecule has 0 aliphatic carbocycles. The predicted molar refractivity (Wildman–Crippen MR) is 54.1 cm³/mol. The highest BCUT2D eigenvalue weighted by Crippen LogP contribution is 2.15. The van der Waals surface area contributed by atoms with Crippen molar-refractivity contribution in [3.05, 3.63) is 23.7 Å². The van der Waals surface area contributed by atoms with E-state index in [9.17, 15) is 9.59 Å². The lowest BCUT2D eigenvalue weighted by molar-refractivity contribution is 0.0659. The lowest BCUT2D eigenvalue weighted by atomic mass is 10.0. The van der Waals surface area contributed by atoms with Crippen LogP contribution in [0.3, 0.4) is 0 Å². The third-order valence-electron chi connectivity index (χ3n) is 2.32. The molecule has 0 aliphatic heterocycles. The van der Waals surface area contributed by atoms with E-state index >= 15 is 0 Å². The second-order valence-electron chi connectivity index (χ2n) is 3.61. The summed E-state index contributed by atoms with van der Waals surface area (Å²) in [6, 6.07) is 2.71. The minimum atomic E-state index is -1.16. The van der Waals surface area contributed by atoms with Crippen LogP contribution in [0.5, 0.6) is 0 Å². The van der Waals surface area contributed by atoms with Crippen LogP contribution >= 0.6 is 0 Å². The number of rotatable bonds is 5. The lowest BCUT2D eigenvalue weighted by Gasteiger charge is -2.04. The summed E-state index contributed by atoms with van der Waals surface area (Å²) in [5.41, 5.74) is 0. The quantitative estimate of drug-likeness (QED) is 0.758. The SMILES string of the molecule is CCC(C)CC(=O)c1ccc(C(=O)O)o1. The summed E-state index contributed by atoms with van der Waals surface area (Å²) in [7, 11) is 0. The average Bonchev–Trinajstić information content (AvgIpc) is 2.66. The van der Waals surface area contributed by atoms with Gasteiger partial charge in [0.05, 0.1) is 0 Å². The van der Waals surface area contributed by atoms with Crippen LogP contribution in [0.1, 0.15) is 47.8 Å². The molecular weight excluding hydrogens is 196 g/mol. The second kappa shape index (κ2) is 4.77. The van der Waals surface area contributed by atoms with E-state index in [1.54, 1.807) is 0 Å². The van der Waals surface area contributed by atoms with Crippen molar-refractivity contribution in [2.24, 2.45) is 5.92 Å². The van der Waals surface area contributed by atoms with Gasteiger partial charge in [0, 0.05) is 6.42 Å². The van der Waals surface area contributed by atoms with Crippen molar-refractivity contribution < 1.29 is 19.1 Å². The number of carboxylic acid groups (broad SMARTS) is 1. The normalized spacial score (nSPS) is 12.4. The van der Waals surface area contributed by atoms with Gasteiger partial charge < -0.3 is 9.52 Å². The first-order valence-corrected chi connectivity index (χ1v) is 4.91. The zero-order chi connectivity index (χ0) is 11.4. The molecule has 0 spiro atoms. The van der Waals surface area contributed by atoms with Crippen molar-refractivity contribution >= 4 is 11.8 Å². The molecular formula is C11H14O4. The van der Waals surface area contributed by atoms with Gasteiger partial charge in [0.1, 0.15) is 0 Å². The molecule has 1 unspecified atom stereocenters. The molecule has 1 atom stereocenters. The van der Waals surface area contributed by atoms with Gasteiger partial charge in [0.2, 0.25) is 5.76 Å². The first-order chi connectivity index (χ1) is 7.04. The predicted octanol–water partition coefficient (Wildman–Crippen LogP) is 2.60. The minimum Gasteiger partial charge on any atom is -0.475 e. The van der Waals surface area contributed by atoms with Crippen LogP contribution in [-0.4, -0.2) is 16.9 Å². The zero-order valence-corrected chi connectivity index (χ0v) is 8.82. The maximum atomic E-state index is 11.6. The van der Waals surface area contributed by atoms with E-state index in [4.69, 9.17) is 9.52 Å². The van der Waals surface area contributed by atoms with E-state index in [2.05, 4.69) is 0 Å². The maximum absolute atomic E-state index is 11.6. The fraction of sp³-hybridized carbons (Fsp3) is 0.455. The van der Waals surface area contributed by atoms with Gasteiger partial charge in [-0.05, 0) is 18.1 Å². The first kappa shape index (κ1) is 11.5. The number of hydrogen-bond donors (Lipinski definition) is 1. The fourth-order valence-corrected chi connectivity index (χ4v) is 1.16. The van der Waals surface area contributed by atoms with Crippen LogP contribution in [0.15, 0.2) is 16.5 Å². The Bertz CT molecular complexity index is 364. The van der Waals surface area contributed by atoms with E-state index in [1.165, 1.54) is 12.1 Å². The molecule has 4 nitrogen and oxygen atoms in total. The highest BCUT2D eigenvalue weighted by molar-refractivity contribution is 5.95. The van der Waals surface area contributed by atoms with E-state index in [-0.39, 0.29) is 23.2 Å². The van der Waals surface area contributed by atoms with Crippen molar-refractivity contribution in [1.29, 1.82) is 0 Å². The molecule has 0 fully saturated rings. The van der Waals surface area contributed by atoms with Crippen LogP contribution < -0.4 is 0 Å². The van der Waals surface area contributed by atoms with Gasteiger partial charge in [-0.3, -0.25) is 4.79 Å². The third kappa shape index (κ3) is 2.94. The number of Topliss-reactive ketones (excluding diaryl/α,β-unsaturated/α-hetero) is 1. The Morgan fingerprint density at radius 3 is 2.47 bits per heavy atom. The fourth-order valence-electron chi connectivity index (χ4n) is 1.16. The molecule has 1 heterocycles. The van der Waals surface area contributed by atoms with Gasteiger partial charge in [-0.15, -0.1) is 0 Å². The first-order valence-electron chi connectivity index (χ1n) is 4.91. The molecule has 0 amide bonds. The number of carboxylic acids is 1. The highest BCUT2D eigenvalue weighted by Gasteiger charge is 2.16. The van der Waals surface area contributed by atoms with Crippen molar-refractivity contribution in [2.45, 2.75) is 26.7 Å². The Morgan fingerprint density at radius 2 is 2.00 bits per heavy atom. The summed E-state index contributed by atoms with van der Waals surface area (Å²) in [6.45, 7) is 3.97. The smallest absolute Gasteiger partial charge is 0.371 e. The molecule has 0 saturated carbocycles. The van der Waals surface area contributed by atoms with Gasteiger partial charge in [-0.2, -0.15) is 0 Å². The van der Waals surface area contributed by atoms with Crippen LogP contribution in [0.2, 0.25) is 0 Å². The average molecular weight is 210 g/mol. The Labute approximate surface area is 87.9 Å². The molecule has 0 radical (unpaired) electrons. The van der Waals surface area contributed by atoms with Crippen LogP contribution in [-0.2, 0) is 0 Å². The third-order valence-corrected chi connectivity index (χ3v) is 2.32. The topological polar surface area (TPSA) is 67.5 Å². The van der Waals surface area contributed by atoms with Gasteiger partial charge in [-0.1, -0.05) is 20.3 Å². The summed E-state index contributed by atoms with van der Waals surface area (Å²) in [4.78, 5) is 22.1. The lowest BCUT2D eigenvalue weighted by Crippen LogP contribution is -2.04. The maximum Gasteiger partial charge on any atom is 0.371 e. The van der Waals surface area contributed by atoms with Gasteiger partial charge in [0.15, 0.2) is 11.5 Å².